The molecule has 2 aromatic carbocycles. The molecule has 2 amide bonds. The summed E-state index contributed by atoms with van der Waals surface area (Å²) in [6, 6.07) is 17.1. The fourth-order valence-electron chi connectivity index (χ4n) is 2.80. The van der Waals surface area contributed by atoms with E-state index in [1.807, 2.05) is 24.3 Å². The maximum atomic E-state index is 12.6. The van der Waals surface area contributed by atoms with E-state index in [2.05, 4.69) is 10.6 Å². The Bertz CT molecular complexity index is 1090. The van der Waals surface area contributed by atoms with E-state index in [1.165, 1.54) is 29.8 Å². The number of benzene rings is 2. The molecule has 0 unspecified atom stereocenters. The Kier molecular flexibility index (Phi) is 6.09. The van der Waals surface area contributed by atoms with Crippen molar-refractivity contribution < 1.29 is 14.3 Å². The molecular weight excluding hydrogens is 370 g/mol. The third-order valence-electron chi connectivity index (χ3n) is 4.20. The van der Waals surface area contributed by atoms with Crippen LogP contribution in [0.25, 0.3) is 0 Å². The molecule has 1 heterocycles. The molecule has 29 heavy (non-hydrogen) atoms. The molecule has 0 spiro atoms. The van der Waals surface area contributed by atoms with E-state index in [4.69, 9.17) is 4.74 Å². The summed E-state index contributed by atoms with van der Waals surface area (Å²) in [5.74, 6) is 0.184. The van der Waals surface area contributed by atoms with Gasteiger partial charge in [0.1, 0.15) is 5.75 Å². The van der Waals surface area contributed by atoms with Crippen LogP contribution in [-0.2, 0) is 11.3 Å². The summed E-state index contributed by atoms with van der Waals surface area (Å²) in [4.78, 5) is 36.0. The fraction of sp³-hybridized carbons (Fsp3) is 0.136. The average Bonchev–Trinajstić information content (AvgIpc) is 2.70. The standard InChI is InChI=1S/C22H21N3O4/c1-15(26)23-18-4-3-5-19(12-18)24-22(28)17-8-11-21(27)25(14-17)13-16-6-9-20(29-2)10-7-16/h3-12,14H,13H2,1-2H3,(H,23,26)(H,24,28). The normalized spacial score (nSPS) is 10.3. The zero-order valence-corrected chi connectivity index (χ0v) is 16.1. The van der Waals surface area contributed by atoms with Crippen molar-refractivity contribution in [3.05, 3.63) is 88.3 Å². The van der Waals surface area contributed by atoms with Gasteiger partial charge in [0, 0.05) is 30.6 Å². The van der Waals surface area contributed by atoms with Gasteiger partial charge in [0.15, 0.2) is 0 Å². The van der Waals surface area contributed by atoms with Crippen LogP contribution in [0.1, 0.15) is 22.8 Å². The van der Waals surface area contributed by atoms with Crippen molar-refractivity contribution in [2.24, 2.45) is 0 Å². The zero-order valence-electron chi connectivity index (χ0n) is 16.1. The van der Waals surface area contributed by atoms with Gasteiger partial charge in [-0.15, -0.1) is 0 Å². The van der Waals surface area contributed by atoms with E-state index in [9.17, 15) is 14.4 Å². The molecule has 3 rings (SSSR count). The lowest BCUT2D eigenvalue weighted by molar-refractivity contribution is -0.114. The summed E-state index contributed by atoms with van der Waals surface area (Å²) in [5, 5.41) is 5.44. The Morgan fingerprint density at radius 2 is 1.66 bits per heavy atom. The topological polar surface area (TPSA) is 89.4 Å². The summed E-state index contributed by atoms with van der Waals surface area (Å²) >= 11 is 0. The van der Waals surface area contributed by atoms with Crippen molar-refractivity contribution in [3.8, 4) is 5.75 Å². The molecule has 0 saturated heterocycles. The number of methoxy groups -OCH3 is 1. The molecule has 148 valence electrons. The monoisotopic (exact) mass is 391 g/mol. The van der Waals surface area contributed by atoms with Crippen molar-refractivity contribution in [3.63, 3.8) is 0 Å². The van der Waals surface area contributed by atoms with Crippen LogP contribution in [-0.4, -0.2) is 23.5 Å². The van der Waals surface area contributed by atoms with Crippen LogP contribution >= 0.6 is 0 Å². The number of carbonyl (C=O) groups is 2. The van der Waals surface area contributed by atoms with Crippen molar-refractivity contribution in [1.82, 2.24) is 4.57 Å². The summed E-state index contributed by atoms with van der Waals surface area (Å²) in [5.41, 5.74) is 2.18. The molecule has 7 heteroatoms. The first-order chi connectivity index (χ1) is 13.9. The number of hydrogen-bond acceptors (Lipinski definition) is 4. The highest BCUT2D eigenvalue weighted by molar-refractivity contribution is 6.04. The molecule has 0 radical (unpaired) electrons. The smallest absolute Gasteiger partial charge is 0.257 e. The molecule has 0 atom stereocenters. The molecule has 2 N–H and O–H groups in total. The van der Waals surface area contributed by atoms with Gasteiger partial charge in [-0.3, -0.25) is 14.4 Å². The van der Waals surface area contributed by atoms with Gasteiger partial charge in [-0.1, -0.05) is 18.2 Å². The van der Waals surface area contributed by atoms with E-state index in [-0.39, 0.29) is 17.4 Å². The van der Waals surface area contributed by atoms with E-state index in [0.717, 1.165) is 11.3 Å². The second kappa shape index (κ2) is 8.88. The molecule has 0 aliphatic rings. The van der Waals surface area contributed by atoms with Crippen molar-refractivity contribution in [2.45, 2.75) is 13.5 Å². The average molecular weight is 391 g/mol. The van der Waals surface area contributed by atoms with Crippen LogP contribution in [0.15, 0.2) is 71.7 Å². The lowest BCUT2D eigenvalue weighted by Gasteiger charge is -2.10. The van der Waals surface area contributed by atoms with Crippen LogP contribution in [0.5, 0.6) is 5.75 Å². The number of carbonyl (C=O) groups excluding carboxylic acids is 2. The Hall–Kier alpha value is -3.87. The minimum Gasteiger partial charge on any atom is -0.497 e. The number of nitrogens with zero attached hydrogens (tertiary/aromatic N) is 1. The number of pyridine rings is 1. The van der Waals surface area contributed by atoms with Gasteiger partial charge in [0.05, 0.1) is 19.2 Å². The van der Waals surface area contributed by atoms with Gasteiger partial charge in [0.25, 0.3) is 11.5 Å². The molecule has 1 aromatic heterocycles. The highest BCUT2D eigenvalue weighted by Crippen LogP contribution is 2.16. The minimum atomic E-state index is -0.353. The predicted molar refractivity (Wildman–Crippen MR) is 111 cm³/mol. The van der Waals surface area contributed by atoms with E-state index in [0.29, 0.717) is 23.5 Å². The molecule has 0 saturated carbocycles. The Labute approximate surface area is 167 Å². The van der Waals surface area contributed by atoms with Crippen molar-refractivity contribution >= 4 is 23.2 Å². The number of rotatable bonds is 6. The van der Waals surface area contributed by atoms with Gasteiger partial charge >= 0.3 is 0 Å². The van der Waals surface area contributed by atoms with Crippen molar-refractivity contribution in [1.29, 1.82) is 0 Å². The van der Waals surface area contributed by atoms with Crippen molar-refractivity contribution in [2.75, 3.05) is 17.7 Å². The molecule has 0 bridgehead atoms. The number of nitrogens with one attached hydrogen (secondary N) is 2. The van der Waals surface area contributed by atoms with E-state index < -0.39 is 0 Å². The maximum Gasteiger partial charge on any atom is 0.257 e. The third-order valence-corrected chi connectivity index (χ3v) is 4.20. The number of aromatic nitrogens is 1. The summed E-state index contributed by atoms with van der Waals surface area (Å²) in [6.07, 6.45) is 1.53. The van der Waals surface area contributed by atoms with Gasteiger partial charge in [-0.25, -0.2) is 0 Å². The predicted octanol–water partition coefficient (Wildman–Crippen LogP) is 3.12. The number of anilines is 2. The van der Waals surface area contributed by atoms with Gasteiger partial charge in [0.2, 0.25) is 5.91 Å². The summed E-state index contributed by atoms with van der Waals surface area (Å²) in [6.45, 7) is 1.75. The summed E-state index contributed by atoms with van der Waals surface area (Å²) < 4.78 is 6.61. The number of ether oxygens (including phenoxy) is 1. The quantitative estimate of drug-likeness (QED) is 0.676. The fourth-order valence-corrected chi connectivity index (χ4v) is 2.80. The SMILES string of the molecule is COc1ccc(Cn2cc(C(=O)Nc3cccc(NC(C)=O)c3)ccc2=O)cc1. The minimum absolute atomic E-state index is 0.195. The summed E-state index contributed by atoms with van der Waals surface area (Å²) in [7, 11) is 1.59. The Morgan fingerprint density at radius 1 is 0.966 bits per heavy atom. The Morgan fingerprint density at radius 3 is 2.31 bits per heavy atom. The number of amides is 2. The molecule has 0 aliphatic carbocycles. The van der Waals surface area contributed by atoms with Gasteiger partial charge < -0.3 is 19.9 Å². The van der Waals surface area contributed by atoms with Crippen LogP contribution in [0.3, 0.4) is 0 Å². The highest BCUT2D eigenvalue weighted by atomic mass is 16.5. The van der Waals surface area contributed by atoms with E-state index in [1.54, 1.807) is 31.4 Å². The van der Waals surface area contributed by atoms with E-state index >= 15 is 0 Å². The Balaban J connectivity index is 1.76. The molecular formula is C22H21N3O4. The van der Waals surface area contributed by atoms with Gasteiger partial charge in [-0.2, -0.15) is 0 Å². The largest absolute Gasteiger partial charge is 0.497 e. The van der Waals surface area contributed by atoms with Crippen LogP contribution in [0.2, 0.25) is 0 Å². The lowest BCUT2D eigenvalue weighted by atomic mass is 10.2. The molecule has 0 fully saturated rings. The first kappa shape index (κ1) is 19.9. The second-order valence-electron chi connectivity index (χ2n) is 6.45. The molecule has 0 aliphatic heterocycles. The van der Waals surface area contributed by atoms with Crippen LogP contribution in [0, 0.1) is 0 Å². The number of hydrogen-bond donors (Lipinski definition) is 2. The first-order valence-corrected chi connectivity index (χ1v) is 8.97. The van der Waals surface area contributed by atoms with Gasteiger partial charge in [-0.05, 0) is 42.0 Å². The highest BCUT2D eigenvalue weighted by Gasteiger charge is 2.09. The molecule has 7 nitrogen and oxygen atoms in total. The second-order valence-corrected chi connectivity index (χ2v) is 6.45. The molecule has 3 aromatic rings. The maximum absolute atomic E-state index is 12.6. The first-order valence-electron chi connectivity index (χ1n) is 8.97. The lowest BCUT2D eigenvalue weighted by Crippen LogP contribution is -2.22. The third kappa shape index (κ3) is 5.32. The zero-order chi connectivity index (χ0) is 20.8. The van der Waals surface area contributed by atoms with Crippen LogP contribution < -0.4 is 20.9 Å². The van der Waals surface area contributed by atoms with Crippen LogP contribution in [0.4, 0.5) is 11.4 Å².